The third kappa shape index (κ3) is 3.31. The first-order chi connectivity index (χ1) is 9.58. The summed E-state index contributed by atoms with van der Waals surface area (Å²) in [5, 5.41) is 3.08. The molecule has 0 aromatic heterocycles. The molecular formula is C14H22N2O3S. The van der Waals surface area contributed by atoms with Gasteiger partial charge in [0.25, 0.3) is 0 Å². The highest BCUT2D eigenvalue weighted by molar-refractivity contribution is 7.89. The Bertz CT molecular complexity index is 545. The quantitative estimate of drug-likeness (QED) is 0.842. The molecule has 0 aliphatic heterocycles. The van der Waals surface area contributed by atoms with Gasteiger partial charge >= 0.3 is 0 Å². The van der Waals surface area contributed by atoms with Gasteiger partial charge in [-0.2, -0.15) is 0 Å². The summed E-state index contributed by atoms with van der Waals surface area (Å²) in [4.78, 5) is 0.295. The van der Waals surface area contributed by atoms with E-state index < -0.39 is 10.0 Å². The lowest BCUT2D eigenvalue weighted by Crippen LogP contribution is -2.40. The fourth-order valence-corrected chi connectivity index (χ4v) is 4.13. The van der Waals surface area contributed by atoms with Crippen LogP contribution in [0.25, 0.3) is 0 Å². The van der Waals surface area contributed by atoms with Crippen LogP contribution in [0.3, 0.4) is 0 Å². The first-order valence-corrected chi connectivity index (χ1v) is 8.45. The van der Waals surface area contributed by atoms with Crippen LogP contribution in [0.4, 0.5) is 5.69 Å². The second-order valence-corrected chi connectivity index (χ2v) is 6.64. The normalized spacial score (nSPS) is 22.9. The van der Waals surface area contributed by atoms with E-state index in [-0.39, 0.29) is 12.1 Å². The van der Waals surface area contributed by atoms with Crippen molar-refractivity contribution < 1.29 is 13.2 Å². The van der Waals surface area contributed by atoms with Crippen molar-refractivity contribution in [2.24, 2.45) is 0 Å². The smallest absolute Gasteiger partial charge is 0.242 e. The van der Waals surface area contributed by atoms with E-state index in [2.05, 4.69) is 10.0 Å². The number of nitrogens with one attached hydrogen (secondary N) is 2. The zero-order valence-corrected chi connectivity index (χ0v) is 12.7. The highest BCUT2D eigenvalue weighted by Crippen LogP contribution is 2.26. The fraction of sp³-hybridized carbons (Fsp3) is 0.571. The lowest BCUT2D eigenvalue weighted by atomic mass is 10.2. The van der Waals surface area contributed by atoms with Gasteiger partial charge in [0.15, 0.2) is 0 Å². The Kier molecular flexibility index (Phi) is 5.01. The van der Waals surface area contributed by atoms with E-state index in [9.17, 15) is 8.42 Å². The monoisotopic (exact) mass is 298 g/mol. The second kappa shape index (κ2) is 6.56. The minimum absolute atomic E-state index is 0.0314. The molecule has 20 heavy (non-hydrogen) atoms. The number of ether oxygens (including phenoxy) is 1. The lowest BCUT2D eigenvalue weighted by Gasteiger charge is -2.20. The topological polar surface area (TPSA) is 67.4 Å². The minimum Gasteiger partial charge on any atom is -0.384 e. The molecule has 1 aliphatic rings. The molecule has 6 heteroatoms. The maximum atomic E-state index is 12.5. The predicted octanol–water partition coefficient (Wildman–Crippen LogP) is 1.96. The molecule has 1 aliphatic carbocycles. The average Bonchev–Trinajstić information content (AvgIpc) is 2.86. The Hall–Kier alpha value is -1.11. The second-order valence-electron chi connectivity index (χ2n) is 4.96. The van der Waals surface area contributed by atoms with Crippen LogP contribution >= 0.6 is 0 Å². The molecular weight excluding hydrogens is 276 g/mol. The first kappa shape index (κ1) is 15.3. The molecule has 5 nitrogen and oxygen atoms in total. The summed E-state index contributed by atoms with van der Waals surface area (Å²) < 4.78 is 33.2. The summed E-state index contributed by atoms with van der Waals surface area (Å²) in [6.07, 6.45) is 2.68. The van der Waals surface area contributed by atoms with Crippen LogP contribution in [0.5, 0.6) is 0 Å². The molecule has 2 atom stereocenters. The van der Waals surface area contributed by atoms with Crippen molar-refractivity contribution in [1.29, 1.82) is 0 Å². The summed E-state index contributed by atoms with van der Waals surface area (Å²) in [5.41, 5.74) is 0.634. The lowest BCUT2D eigenvalue weighted by molar-refractivity contribution is 0.0916. The molecule has 1 fully saturated rings. The summed E-state index contributed by atoms with van der Waals surface area (Å²) in [5.74, 6) is 0. The summed E-state index contributed by atoms with van der Waals surface area (Å²) in [6.45, 7) is 2.62. The fourth-order valence-electron chi connectivity index (χ4n) is 2.64. The number of anilines is 1. The van der Waals surface area contributed by atoms with Gasteiger partial charge in [0.2, 0.25) is 10.0 Å². The van der Waals surface area contributed by atoms with E-state index in [1.807, 2.05) is 13.0 Å². The SMILES string of the molecule is CCNc1ccccc1S(=O)(=O)NC1CCCC1OC. The number of methoxy groups -OCH3 is 1. The van der Waals surface area contributed by atoms with E-state index in [1.54, 1.807) is 25.3 Å². The summed E-state index contributed by atoms with van der Waals surface area (Å²) in [6, 6.07) is 6.82. The van der Waals surface area contributed by atoms with Crippen LogP contribution in [0.1, 0.15) is 26.2 Å². The van der Waals surface area contributed by atoms with Gasteiger partial charge in [-0.25, -0.2) is 13.1 Å². The van der Waals surface area contributed by atoms with Crippen LogP contribution in [0, 0.1) is 0 Å². The van der Waals surface area contributed by atoms with Gasteiger partial charge in [0, 0.05) is 19.7 Å². The average molecular weight is 298 g/mol. The number of hydrogen-bond donors (Lipinski definition) is 2. The molecule has 1 aromatic rings. The molecule has 2 N–H and O–H groups in total. The number of sulfonamides is 1. The van der Waals surface area contributed by atoms with Crippen molar-refractivity contribution >= 4 is 15.7 Å². The largest absolute Gasteiger partial charge is 0.384 e. The van der Waals surface area contributed by atoms with Gasteiger partial charge < -0.3 is 10.1 Å². The summed E-state index contributed by atoms with van der Waals surface area (Å²) in [7, 11) is -1.90. The number of para-hydroxylation sites is 1. The molecule has 0 spiro atoms. The molecule has 0 radical (unpaired) electrons. The Morgan fingerprint density at radius 1 is 1.30 bits per heavy atom. The van der Waals surface area contributed by atoms with Crippen molar-refractivity contribution in [2.75, 3.05) is 19.0 Å². The van der Waals surface area contributed by atoms with Crippen LogP contribution in [0.15, 0.2) is 29.2 Å². The molecule has 1 aromatic carbocycles. The van der Waals surface area contributed by atoms with Gasteiger partial charge in [-0.1, -0.05) is 12.1 Å². The van der Waals surface area contributed by atoms with E-state index >= 15 is 0 Å². The molecule has 0 bridgehead atoms. The maximum Gasteiger partial charge on any atom is 0.242 e. The van der Waals surface area contributed by atoms with Crippen LogP contribution in [0.2, 0.25) is 0 Å². The van der Waals surface area contributed by atoms with Gasteiger partial charge in [-0.15, -0.1) is 0 Å². The maximum absolute atomic E-state index is 12.5. The van der Waals surface area contributed by atoms with E-state index in [0.717, 1.165) is 19.3 Å². The van der Waals surface area contributed by atoms with Crippen LogP contribution in [-0.4, -0.2) is 34.2 Å². The number of rotatable bonds is 6. The Morgan fingerprint density at radius 3 is 2.75 bits per heavy atom. The number of benzene rings is 1. The van der Waals surface area contributed by atoms with Crippen molar-refractivity contribution in [3.63, 3.8) is 0 Å². The summed E-state index contributed by atoms with van der Waals surface area (Å²) >= 11 is 0. The van der Waals surface area contributed by atoms with E-state index in [4.69, 9.17) is 4.74 Å². The molecule has 0 heterocycles. The molecule has 1 saturated carbocycles. The molecule has 112 valence electrons. The highest BCUT2D eigenvalue weighted by atomic mass is 32.2. The standard InChI is InChI=1S/C14H22N2O3S/c1-3-15-12-7-4-5-10-14(12)20(17,18)16-11-8-6-9-13(11)19-2/h4-5,7,10-11,13,15-16H,3,6,8-9H2,1-2H3. The Balaban J connectivity index is 2.22. The third-order valence-corrected chi connectivity index (χ3v) is 5.15. The Labute approximate surface area is 120 Å². The van der Waals surface area contributed by atoms with Gasteiger partial charge in [-0.3, -0.25) is 0 Å². The zero-order valence-electron chi connectivity index (χ0n) is 11.9. The van der Waals surface area contributed by atoms with E-state index in [1.165, 1.54) is 0 Å². The molecule has 0 saturated heterocycles. The van der Waals surface area contributed by atoms with Gasteiger partial charge in [0.1, 0.15) is 4.90 Å². The minimum atomic E-state index is -3.53. The van der Waals surface area contributed by atoms with Crippen molar-refractivity contribution in [3.8, 4) is 0 Å². The van der Waals surface area contributed by atoms with Crippen LogP contribution < -0.4 is 10.0 Å². The van der Waals surface area contributed by atoms with Crippen LogP contribution in [-0.2, 0) is 14.8 Å². The molecule has 2 rings (SSSR count). The highest BCUT2D eigenvalue weighted by Gasteiger charge is 2.32. The van der Waals surface area contributed by atoms with Gasteiger partial charge in [-0.05, 0) is 38.3 Å². The first-order valence-electron chi connectivity index (χ1n) is 6.96. The number of hydrogen-bond acceptors (Lipinski definition) is 4. The van der Waals surface area contributed by atoms with Gasteiger partial charge in [0.05, 0.1) is 11.8 Å². The predicted molar refractivity (Wildman–Crippen MR) is 79.4 cm³/mol. The molecule has 0 amide bonds. The molecule has 2 unspecified atom stereocenters. The Morgan fingerprint density at radius 2 is 2.05 bits per heavy atom. The van der Waals surface area contributed by atoms with Crippen molar-refractivity contribution in [3.05, 3.63) is 24.3 Å². The van der Waals surface area contributed by atoms with Crippen molar-refractivity contribution in [1.82, 2.24) is 4.72 Å². The van der Waals surface area contributed by atoms with Crippen molar-refractivity contribution in [2.45, 2.75) is 43.2 Å². The zero-order chi connectivity index (χ0) is 14.6. The van der Waals surface area contributed by atoms with E-state index in [0.29, 0.717) is 17.1 Å². The third-order valence-electron chi connectivity index (χ3n) is 3.61.